The minimum absolute atomic E-state index is 0.0796. The van der Waals surface area contributed by atoms with Gasteiger partial charge in [0.25, 0.3) is 0 Å². The number of rotatable bonds is 3. The lowest BCUT2D eigenvalue weighted by atomic mass is 10.0. The molecular weight excluding hydrogens is 259 g/mol. The molecule has 2 heterocycles. The lowest BCUT2D eigenvalue weighted by molar-refractivity contribution is 0.166. The molecule has 2 atom stereocenters. The van der Waals surface area contributed by atoms with E-state index in [1.807, 2.05) is 13.0 Å². The molecule has 106 valence electrons. The molecule has 0 bridgehead atoms. The predicted octanol–water partition coefficient (Wildman–Crippen LogP) is 2.43. The molecule has 0 saturated carbocycles. The standard InChI is InChI=1S/C15H17FN2O2/c1-10-6-14(20-17-10)9-18-8-13(19)7-15(18)11-2-4-12(16)5-3-11/h2-6,13,15,19H,7-9H2,1H3/t13-,15+/m1/s1. The molecule has 1 aliphatic rings. The van der Waals surface area contributed by atoms with E-state index in [0.29, 0.717) is 19.5 Å². The van der Waals surface area contributed by atoms with Crippen molar-refractivity contribution >= 4 is 0 Å². The summed E-state index contributed by atoms with van der Waals surface area (Å²) in [7, 11) is 0. The van der Waals surface area contributed by atoms with E-state index in [9.17, 15) is 9.50 Å². The zero-order valence-electron chi connectivity index (χ0n) is 11.3. The van der Waals surface area contributed by atoms with Gasteiger partial charge in [-0.05, 0) is 31.0 Å². The van der Waals surface area contributed by atoms with E-state index in [1.165, 1.54) is 12.1 Å². The van der Waals surface area contributed by atoms with Gasteiger partial charge in [-0.2, -0.15) is 0 Å². The predicted molar refractivity (Wildman–Crippen MR) is 71.4 cm³/mol. The number of β-amino-alcohol motifs (C(OH)–C–C–N with tert-alkyl or cyclic N) is 1. The van der Waals surface area contributed by atoms with E-state index >= 15 is 0 Å². The molecule has 1 aromatic carbocycles. The highest BCUT2D eigenvalue weighted by molar-refractivity contribution is 5.22. The zero-order chi connectivity index (χ0) is 14.1. The second-order valence-electron chi connectivity index (χ2n) is 5.32. The summed E-state index contributed by atoms with van der Waals surface area (Å²) in [6.45, 7) is 3.06. The van der Waals surface area contributed by atoms with Crippen molar-refractivity contribution in [2.45, 2.75) is 32.0 Å². The quantitative estimate of drug-likeness (QED) is 0.935. The molecule has 1 aliphatic heterocycles. The molecule has 5 heteroatoms. The number of halogens is 1. The van der Waals surface area contributed by atoms with E-state index in [-0.39, 0.29) is 18.0 Å². The highest BCUT2D eigenvalue weighted by Gasteiger charge is 2.32. The fourth-order valence-corrected chi connectivity index (χ4v) is 2.78. The van der Waals surface area contributed by atoms with Gasteiger partial charge in [0.1, 0.15) is 5.82 Å². The number of aliphatic hydroxyl groups is 1. The van der Waals surface area contributed by atoms with Crippen LogP contribution in [0.3, 0.4) is 0 Å². The van der Waals surface area contributed by atoms with Crippen LogP contribution in [-0.4, -0.2) is 27.8 Å². The Kier molecular flexibility index (Phi) is 3.54. The fraction of sp³-hybridized carbons (Fsp3) is 0.400. The first-order valence-corrected chi connectivity index (χ1v) is 6.71. The molecule has 0 aliphatic carbocycles. The van der Waals surface area contributed by atoms with Crippen molar-refractivity contribution in [3.05, 3.63) is 53.2 Å². The van der Waals surface area contributed by atoms with Crippen LogP contribution < -0.4 is 0 Å². The van der Waals surface area contributed by atoms with E-state index < -0.39 is 0 Å². The minimum atomic E-state index is -0.367. The number of aryl methyl sites for hydroxylation is 1. The average Bonchev–Trinajstić information content (AvgIpc) is 2.97. The maximum absolute atomic E-state index is 13.0. The summed E-state index contributed by atoms with van der Waals surface area (Å²) >= 11 is 0. The second kappa shape index (κ2) is 5.34. The number of hydrogen-bond donors (Lipinski definition) is 1. The summed E-state index contributed by atoms with van der Waals surface area (Å²) in [5, 5.41) is 13.8. The fourth-order valence-electron chi connectivity index (χ4n) is 2.78. The van der Waals surface area contributed by atoms with E-state index in [0.717, 1.165) is 17.0 Å². The summed E-state index contributed by atoms with van der Waals surface area (Å²) in [4.78, 5) is 2.14. The van der Waals surface area contributed by atoms with Gasteiger partial charge in [-0.3, -0.25) is 4.90 Å². The van der Waals surface area contributed by atoms with Crippen LogP contribution in [0.2, 0.25) is 0 Å². The maximum atomic E-state index is 13.0. The first-order chi connectivity index (χ1) is 9.61. The summed E-state index contributed by atoms with van der Waals surface area (Å²) < 4.78 is 18.2. The number of hydrogen-bond acceptors (Lipinski definition) is 4. The SMILES string of the molecule is Cc1cc(CN2C[C@H](O)C[C@H]2c2ccc(F)cc2)on1. The molecule has 20 heavy (non-hydrogen) atoms. The zero-order valence-corrected chi connectivity index (χ0v) is 11.3. The molecule has 2 aromatic rings. The molecule has 1 saturated heterocycles. The van der Waals surface area contributed by atoms with Crippen LogP contribution in [0, 0.1) is 12.7 Å². The molecule has 0 radical (unpaired) electrons. The number of benzene rings is 1. The molecule has 0 unspecified atom stereocenters. The first kappa shape index (κ1) is 13.3. The smallest absolute Gasteiger partial charge is 0.150 e. The lowest BCUT2D eigenvalue weighted by Crippen LogP contribution is -2.24. The molecule has 1 N–H and O–H groups in total. The number of aromatic nitrogens is 1. The Hall–Kier alpha value is -1.72. The van der Waals surface area contributed by atoms with Crippen molar-refractivity contribution in [3.63, 3.8) is 0 Å². The summed E-state index contributed by atoms with van der Waals surface area (Å²) in [6.07, 6.45) is 0.285. The van der Waals surface area contributed by atoms with Gasteiger partial charge in [0, 0.05) is 18.7 Å². The molecular formula is C15H17FN2O2. The summed E-state index contributed by atoms with van der Waals surface area (Å²) in [5.74, 6) is 0.536. The molecule has 4 nitrogen and oxygen atoms in total. The Morgan fingerprint density at radius 1 is 1.40 bits per heavy atom. The average molecular weight is 276 g/mol. The molecule has 1 aromatic heterocycles. The number of aliphatic hydroxyl groups excluding tert-OH is 1. The van der Waals surface area contributed by atoms with Gasteiger partial charge in [-0.1, -0.05) is 17.3 Å². The van der Waals surface area contributed by atoms with Crippen LogP contribution >= 0.6 is 0 Å². The molecule has 0 amide bonds. The normalized spacial score (nSPS) is 23.4. The molecule has 3 rings (SSSR count). The Morgan fingerprint density at radius 2 is 2.15 bits per heavy atom. The highest BCUT2D eigenvalue weighted by Crippen LogP contribution is 2.33. The van der Waals surface area contributed by atoms with Crippen molar-refractivity contribution in [2.24, 2.45) is 0 Å². The third-order valence-corrected chi connectivity index (χ3v) is 3.67. The van der Waals surface area contributed by atoms with Crippen LogP contribution in [0.1, 0.15) is 29.5 Å². The van der Waals surface area contributed by atoms with Crippen molar-refractivity contribution in [1.29, 1.82) is 0 Å². The Bertz CT molecular complexity index is 582. The van der Waals surface area contributed by atoms with Crippen molar-refractivity contribution in [1.82, 2.24) is 10.1 Å². The van der Waals surface area contributed by atoms with Crippen LogP contribution in [0.25, 0.3) is 0 Å². The van der Waals surface area contributed by atoms with E-state index in [4.69, 9.17) is 4.52 Å². The van der Waals surface area contributed by atoms with Gasteiger partial charge in [0.15, 0.2) is 5.76 Å². The largest absolute Gasteiger partial charge is 0.392 e. The van der Waals surface area contributed by atoms with Gasteiger partial charge >= 0.3 is 0 Å². The number of nitrogens with zero attached hydrogens (tertiary/aromatic N) is 2. The van der Waals surface area contributed by atoms with E-state index in [2.05, 4.69) is 10.1 Å². The van der Waals surface area contributed by atoms with Gasteiger partial charge in [-0.25, -0.2) is 4.39 Å². The van der Waals surface area contributed by atoms with Crippen LogP contribution in [-0.2, 0) is 6.54 Å². The Labute approximate surface area is 116 Å². The Morgan fingerprint density at radius 3 is 2.80 bits per heavy atom. The highest BCUT2D eigenvalue weighted by atomic mass is 19.1. The van der Waals surface area contributed by atoms with Gasteiger partial charge in [0.05, 0.1) is 18.3 Å². The third kappa shape index (κ3) is 2.73. The van der Waals surface area contributed by atoms with Gasteiger partial charge < -0.3 is 9.63 Å². The summed E-state index contributed by atoms with van der Waals surface area (Å²) in [6, 6.07) is 8.43. The first-order valence-electron chi connectivity index (χ1n) is 6.71. The van der Waals surface area contributed by atoms with Crippen LogP contribution in [0.15, 0.2) is 34.9 Å². The van der Waals surface area contributed by atoms with Crippen molar-refractivity contribution < 1.29 is 14.0 Å². The van der Waals surface area contributed by atoms with Gasteiger partial charge in [-0.15, -0.1) is 0 Å². The molecule has 1 fully saturated rings. The lowest BCUT2D eigenvalue weighted by Gasteiger charge is -2.23. The van der Waals surface area contributed by atoms with Crippen molar-refractivity contribution in [2.75, 3.05) is 6.54 Å². The number of likely N-dealkylation sites (tertiary alicyclic amines) is 1. The minimum Gasteiger partial charge on any atom is -0.392 e. The van der Waals surface area contributed by atoms with Crippen LogP contribution in [0.5, 0.6) is 0 Å². The van der Waals surface area contributed by atoms with Gasteiger partial charge in [0.2, 0.25) is 0 Å². The van der Waals surface area contributed by atoms with Crippen LogP contribution in [0.4, 0.5) is 4.39 Å². The third-order valence-electron chi connectivity index (χ3n) is 3.67. The topological polar surface area (TPSA) is 49.5 Å². The van der Waals surface area contributed by atoms with Crippen molar-refractivity contribution in [3.8, 4) is 0 Å². The monoisotopic (exact) mass is 276 g/mol. The second-order valence-corrected chi connectivity index (χ2v) is 5.32. The van der Waals surface area contributed by atoms with E-state index in [1.54, 1.807) is 12.1 Å². The molecule has 0 spiro atoms. The maximum Gasteiger partial charge on any atom is 0.150 e. The summed E-state index contributed by atoms with van der Waals surface area (Å²) in [5.41, 5.74) is 1.86. The Balaban J connectivity index is 1.79.